The van der Waals surface area contributed by atoms with Gasteiger partial charge in [0.2, 0.25) is 0 Å². The molecule has 0 saturated heterocycles. The molecule has 0 spiro atoms. The highest BCUT2D eigenvalue weighted by Crippen LogP contribution is 2.16. The van der Waals surface area contributed by atoms with Crippen molar-refractivity contribution in [2.45, 2.75) is 200 Å². The standard InChI is InChI=1S/C41H78N2O/c1-3-5-7-9-11-13-15-17-19-21-23-25-27-29-35-43(37-38-44-41-33-31-40(39-42)32-34-41)36-30-28-26-24-22-20-18-16-14-12-10-8-6-4-2/h31-34H,3-30,35-39,42H2,1-2H3. The van der Waals surface area contributed by atoms with Gasteiger partial charge < -0.3 is 10.5 Å². The molecule has 0 heterocycles. The van der Waals surface area contributed by atoms with Gasteiger partial charge in [-0.25, -0.2) is 0 Å². The van der Waals surface area contributed by atoms with Crippen LogP contribution in [0.15, 0.2) is 24.3 Å². The zero-order valence-electron chi connectivity index (χ0n) is 30.1. The van der Waals surface area contributed by atoms with Crippen LogP contribution in [-0.2, 0) is 6.54 Å². The molecule has 0 bridgehead atoms. The first-order valence-corrected chi connectivity index (χ1v) is 19.9. The molecule has 0 amide bonds. The monoisotopic (exact) mass is 615 g/mol. The second-order valence-electron chi connectivity index (χ2n) is 13.7. The van der Waals surface area contributed by atoms with Gasteiger partial charge in [-0.1, -0.05) is 193 Å². The molecule has 1 rings (SSSR count). The van der Waals surface area contributed by atoms with Gasteiger partial charge in [0.15, 0.2) is 0 Å². The van der Waals surface area contributed by atoms with Crippen LogP contribution < -0.4 is 10.5 Å². The second-order valence-corrected chi connectivity index (χ2v) is 13.7. The minimum Gasteiger partial charge on any atom is -0.492 e. The smallest absolute Gasteiger partial charge is 0.119 e. The Balaban J connectivity index is 2.12. The number of unbranched alkanes of at least 4 members (excludes halogenated alkanes) is 26. The largest absolute Gasteiger partial charge is 0.492 e. The molecule has 1 aromatic carbocycles. The molecule has 0 aliphatic rings. The minimum atomic E-state index is 0.590. The van der Waals surface area contributed by atoms with Gasteiger partial charge in [-0.05, 0) is 43.6 Å². The van der Waals surface area contributed by atoms with E-state index in [1.54, 1.807) is 0 Å². The zero-order valence-corrected chi connectivity index (χ0v) is 30.1. The van der Waals surface area contributed by atoms with E-state index in [0.29, 0.717) is 6.54 Å². The fraction of sp³-hybridized carbons (Fsp3) is 0.854. The van der Waals surface area contributed by atoms with E-state index in [4.69, 9.17) is 10.5 Å². The van der Waals surface area contributed by atoms with Crippen LogP contribution in [0.4, 0.5) is 0 Å². The van der Waals surface area contributed by atoms with Crippen LogP contribution >= 0.6 is 0 Å². The first kappa shape index (κ1) is 41.0. The van der Waals surface area contributed by atoms with Gasteiger partial charge in [0.25, 0.3) is 0 Å². The van der Waals surface area contributed by atoms with E-state index in [-0.39, 0.29) is 0 Å². The number of nitrogens with two attached hydrogens (primary N) is 1. The maximum atomic E-state index is 6.10. The summed E-state index contributed by atoms with van der Waals surface area (Å²) in [6.45, 7) is 9.47. The minimum absolute atomic E-state index is 0.590. The summed E-state index contributed by atoms with van der Waals surface area (Å²) >= 11 is 0. The van der Waals surface area contributed by atoms with Crippen molar-refractivity contribution in [3.8, 4) is 5.75 Å². The van der Waals surface area contributed by atoms with Gasteiger partial charge in [-0.2, -0.15) is 0 Å². The average molecular weight is 615 g/mol. The fourth-order valence-electron chi connectivity index (χ4n) is 6.41. The predicted molar refractivity (Wildman–Crippen MR) is 197 cm³/mol. The predicted octanol–water partition coefficient (Wildman–Crippen LogP) is 12.8. The molecule has 3 heteroatoms. The van der Waals surface area contributed by atoms with Crippen molar-refractivity contribution in [1.82, 2.24) is 4.90 Å². The molecule has 0 aliphatic carbocycles. The summed E-state index contributed by atoms with van der Waals surface area (Å²) in [5.74, 6) is 0.968. The summed E-state index contributed by atoms with van der Waals surface area (Å²) < 4.78 is 6.10. The summed E-state index contributed by atoms with van der Waals surface area (Å²) in [4.78, 5) is 2.68. The Morgan fingerprint density at radius 3 is 1.07 bits per heavy atom. The summed E-state index contributed by atoms with van der Waals surface area (Å²) in [7, 11) is 0. The van der Waals surface area contributed by atoms with Gasteiger partial charge in [0.05, 0.1) is 0 Å². The molecule has 1 aromatic rings. The van der Waals surface area contributed by atoms with Crippen LogP contribution in [-0.4, -0.2) is 31.1 Å². The van der Waals surface area contributed by atoms with Gasteiger partial charge in [-0.3, -0.25) is 4.90 Å². The Kier molecular flexibility index (Phi) is 31.0. The lowest BCUT2D eigenvalue weighted by Crippen LogP contribution is -2.30. The first-order chi connectivity index (χ1) is 21.8. The summed E-state index contributed by atoms with van der Waals surface area (Å²) in [6.07, 6.45) is 39.9. The lowest BCUT2D eigenvalue weighted by atomic mass is 10.0. The Morgan fingerprint density at radius 2 is 0.750 bits per heavy atom. The Labute approximate surface area is 276 Å². The summed E-state index contributed by atoms with van der Waals surface area (Å²) in [6, 6.07) is 8.29. The normalized spacial score (nSPS) is 11.5. The van der Waals surface area contributed by atoms with Crippen molar-refractivity contribution in [1.29, 1.82) is 0 Å². The SMILES string of the molecule is CCCCCCCCCCCCCCCCN(CCCCCCCCCCCCCCCC)CCOc1ccc(CN)cc1. The number of hydrogen-bond acceptors (Lipinski definition) is 3. The number of nitrogens with zero attached hydrogens (tertiary/aromatic N) is 1. The van der Waals surface area contributed by atoms with Crippen molar-refractivity contribution in [2.75, 3.05) is 26.2 Å². The maximum absolute atomic E-state index is 6.10. The van der Waals surface area contributed by atoms with Crippen LogP contribution in [0.25, 0.3) is 0 Å². The van der Waals surface area contributed by atoms with Crippen molar-refractivity contribution in [3.05, 3.63) is 29.8 Å². The van der Waals surface area contributed by atoms with Crippen LogP contribution in [0.3, 0.4) is 0 Å². The van der Waals surface area contributed by atoms with E-state index in [0.717, 1.165) is 24.5 Å². The van der Waals surface area contributed by atoms with Crippen LogP contribution in [0.2, 0.25) is 0 Å². The van der Waals surface area contributed by atoms with E-state index in [9.17, 15) is 0 Å². The van der Waals surface area contributed by atoms with Gasteiger partial charge in [-0.15, -0.1) is 0 Å². The summed E-state index contributed by atoms with van der Waals surface area (Å²) in [5.41, 5.74) is 6.91. The summed E-state index contributed by atoms with van der Waals surface area (Å²) in [5, 5.41) is 0. The van der Waals surface area contributed by atoms with Crippen LogP contribution in [0, 0.1) is 0 Å². The lowest BCUT2D eigenvalue weighted by Gasteiger charge is -2.22. The van der Waals surface area contributed by atoms with E-state index in [2.05, 4.69) is 43.0 Å². The maximum Gasteiger partial charge on any atom is 0.119 e. The molecule has 0 fully saturated rings. The highest BCUT2D eigenvalue weighted by molar-refractivity contribution is 5.27. The molecule has 258 valence electrons. The van der Waals surface area contributed by atoms with Crippen molar-refractivity contribution >= 4 is 0 Å². The highest BCUT2D eigenvalue weighted by Gasteiger charge is 2.06. The fourth-order valence-corrected chi connectivity index (χ4v) is 6.41. The Hall–Kier alpha value is -1.06. The molecule has 0 saturated carbocycles. The average Bonchev–Trinajstić information content (AvgIpc) is 3.05. The molecule has 0 aliphatic heterocycles. The number of hydrogen-bond donors (Lipinski definition) is 1. The van der Waals surface area contributed by atoms with E-state index in [1.807, 2.05) is 0 Å². The number of rotatable bonds is 35. The van der Waals surface area contributed by atoms with E-state index >= 15 is 0 Å². The first-order valence-electron chi connectivity index (χ1n) is 19.9. The van der Waals surface area contributed by atoms with Gasteiger partial charge in [0, 0.05) is 13.1 Å². The third kappa shape index (κ3) is 27.3. The highest BCUT2D eigenvalue weighted by atomic mass is 16.5. The Morgan fingerprint density at radius 1 is 0.432 bits per heavy atom. The van der Waals surface area contributed by atoms with Crippen molar-refractivity contribution < 1.29 is 4.74 Å². The molecule has 44 heavy (non-hydrogen) atoms. The van der Waals surface area contributed by atoms with Crippen LogP contribution in [0.1, 0.15) is 199 Å². The number of ether oxygens (including phenoxy) is 1. The zero-order chi connectivity index (χ0) is 31.6. The molecular formula is C41H78N2O. The van der Waals surface area contributed by atoms with Gasteiger partial charge in [0.1, 0.15) is 12.4 Å². The number of benzene rings is 1. The second kappa shape index (κ2) is 33.3. The quantitative estimate of drug-likeness (QED) is 0.0773. The third-order valence-electron chi connectivity index (χ3n) is 9.49. The molecule has 0 radical (unpaired) electrons. The van der Waals surface area contributed by atoms with Crippen LogP contribution in [0.5, 0.6) is 5.75 Å². The van der Waals surface area contributed by atoms with Gasteiger partial charge >= 0.3 is 0 Å². The molecular weight excluding hydrogens is 536 g/mol. The molecule has 3 nitrogen and oxygen atoms in total. The third-order valence-corrected chi connectivity index (χ3v) is 9.49. The van der Waals surface area contributed by atoms with Crippen molar-refractivity contribution in [2.24, 2.45) is 5.73 Å². The molecule has 2 N–H and O–H groups in total. The van der Waals surface area contributed by atoms with E-state index in [1.165, 1.54) is 193 Å². The lowest BCUT2D eigenvalue weighted by molar-refractivity contribution is 0.202. The molecule has 0 aromatic heterocycles. The molecule has 0 unspecified atom stereocenters. The topological polar surface area (TPSA) is 38.5 Å². The molecule has 0 atom stereocenters. The Bertz CT molecular complexity index is 644. The van der Waals surface area contributed by atoms with Crippen molar-refractivity contribution in [3.63, 3.8) is 0 Å². The van der Waals surface area contributed by atoms with E-state index < -0.39 is 0 Å².